The monoisotopic (exact) mass is 288 g/mol. The van der Waals surface area contributed by atoms with Gasteiger partial charge in [0.05, 0.1) is 0 Å². The number of aliphatic carboxylic acids is 1. The molecule has 0 spiro atoms. The molecule has 0 aliphatic rings. The van der Waals surface area contributed by atoms with E-state index in [1.807, 2.05) is 37.3 Å². The van der Waals surface area contributed by atoms with Gasteiger partial charge in [-0.05, 0) is 5.56 Å². The Morgan fingerprint density at radius 3 is 2.62 bits per heavy atom. The first-order chi connectivity index (χ1) is 10.1. The first-order valence-corrected chi connectivity index (χ1v) is 6.59. The number of nitrogens with zero attached hydrogens (tertiary/aromatic N) is 2. The molecule has 21 heavy (non-hydrogen) atoms. The highest BCUT2D eigenvalue weighted by atomic mass is 16.4. The third-order valence-electron chi connectivity index (χ3n) is 2.99. The summed E-state index contributed by atoms with van der Waals surface area (Å²) in [5.74, 6) is -1.05. The van der Waals surface area contributed by atoms with E-state index in [0.29, 0.717) is 12.2 Å². The molecule has 0 atom stereocenters. The molecule has 0 aliphatic heterocycles. The van der Waals surface area contributed by atoms with Crippen LogP contribution in [0.25, 0.3) is 0 Å². The second-order valence-electron chi connectivity index (χ2n) is 4.52. The van der Waals surface area contributed by atoms with Gasteiger partial charge in [-0.1, -0.05) is 37.3 Å². The summed E-state index contributed by atoms with van der Waals surface area (Å²) >= 11 is 0. The van der Waals surface area contributed by atoms with Crippen molar-refractivity contribution in [3.8, 4) is 0 Å². The molecule has 0 bridgehead atoms. The van der Waals surface area contributed by atoms with Crippen LogP contribution < -0.4 is 0 Å². The normalized spacial score (nSPS) is 10.3. The number of carbonyl (C=O) groups excluding carboxylic acids is 1. The largest absolute Gasteiger partial charge is 0.480 e. The quantitative estimate of drug-likeness (QED) is 0.878. The minimum absolute atomic E-state index is 0.176. The fraction of sp³-hybridized carbons (Fsp3) is 0.267. The average Bonchev–Trinajstić information content (AvgIpc) is 2.95. The van der Waals surface area contributed by atoms with Crippen LogP contribution in [0.5, 0.6) is 0 Å². The van der Waals surface area contributed by atoms with Crippen LogP contribution in [-0.4, -0.2) is 33.4 Å². The minimum atomic E-state index is -1.07. The van der Waals surface area contributed by atoms with Crippen LogP contribution >= 0.6 is 0 Å². The second-order valence-corrected chi connectivity index (χ2v) is 4.52. The Kier molecular flexibility index (Phi) is 4.71. The zero-order chi connectivity index (χ0) is 15.2. The van der Waals surface area contributed by atoms with Gasteiger partial charge in [-0.3, -0.25) is 9.59 Å². The lowest BCUT2D eigenvalue weighted by Crippen LogP contribution is -2.35. The highest BCUT2D eigenvalue weighted by molar-refractivity contribution is 5.94. The van der Waals surface area contributed by atoms with Crippen LogP contribution in [0.15, 0.2) is 41.1 Å². The SMILES string of the molecule is CCc1ocnc1C(=O)N(CC(=O)O)Cc1ccccc1. The molecule has 1 amide bonds. The standard InChI is InChI=1S/C15H16N2O4/c1-2-12-14(16-10-21-12)15(20)17(9-13(18)19)8-11-6-4-3-5-7-11/h3-7,10H,2,8-9H2,1H3,(H,18,19). The van der Waals surface area contributed by atoms with Gasteiger partial charge < -0.3 is 14.4 Å². The molecule has 2 rings (SSSR count). The number of rotatable bonds is 6. The van der Waals surface area contributed by atoms with Crippen LogP contribution in [0.2, 0.25) is 0 Å². The first kappa shape index (κ1) is 14.8. The van der Waals surface area contributed by atoms with E-state index in [4.69, 9.17) is 9.52 Å². The molecule has 6 heteroatoms. The van der Waals surface area contributed by atoms with Crippen LogP contribution in [0, 0.1) is 0 Å². The van der Waals surface area contributed by atoms with Crippen LogP contribution in [0.1, 0.15) is 28.7 Å². The molecule has 0 unspecified atom stereocenters. The topological polar surface area (TPSA) is 83.6 Å². The number of hydrogen-bond donors (Lipinski definition) is 1. The molecule has 0 radical (unpaired) electrons. The van der Waals surface area contributed by atoms with E-state index in [-0.39, 0.29) is 18.8 Å². The van der Waals surface area contributed by atoms with Gasteiger partial charge in [0.15, 0.2) is 12.1 Å². The number of aryl methyl sites for hydroxylation is 1. The smallest absolute Gasteiger partial charge is 0.323 e. The predicted octanol–water partition coefficient (Wildman–Crippen LogP) is 1.96. The lowest BCUT2D eigenvalue weighted by Gasteiger charge is -2.20. The third-order valence-corrected chi connectivity index (χ3v) is 2.99. The maximum Gasteiger partial charge on any atom is 0.323 e. The Bertz CT molecular complexity index is 622. The van der Waals surface area contributed by atoms with E-state index in [0.717, 1.165) is 5.56 Å². The Hall–Kier alpha value is -2.63. The maximum atomic E-state index is 12.5. The van der Waals surface area contributed by atoms with Crippen molar-refractivity contribution in [2.24, 2.45) is 0 Å². The lowest BCUT2D eigenvalue weighted by molar-refractivity contribution is -0.137. The molecule has 0 fully saturated rings. The van der Waals surface area contributed by atoms with Crippen molar-refractivity contribution >= 4 is 11.9 Å². The summed E-state index contributed by atoms with van der Waals surface area (Å²) < 4.78 is 5.13. The molecule has 0 aliphatic carbocycles. The molecule has 1 N–H and O–H groups in total. The van der Waals surface area contributed by atoms with Gasteiger partial charge in [-0.15, -0.1) is 0 Å². The van der Waals surface area contributed by atoms with Crippen molar-refractivity contribution in [1.82, 2.24) is 9.88 Å². The number of oxazole rings is 1. The van der Waals surface area contributed by atoms with Crippen molar-refractivity contribution in [3.05, 3.63) is 53.7 Å². The number of hydrogen-bond acceptors (Lipinski definition) is 4. The average molecular weight is 288 g/mol. The van der Waals surface area contributed by atoms with E-state index in [2.05, 4.69) is 4.98 Å². The summed E-state index contributed by atoms with van der Waals surface area (Å²) in [7, 11) is 0. The molecular weight excluding hydrogens is 272 g/mol. The van der Waals surface area contributed by atoms with Crippen molar-refractivity contribution in [2.75, 3.05) is 6.54 Å². The summed E-state index contributed by atoms with van der Waals surface area (Å²) in [6, 6.07) is 9.22. The van der Waals surface area contributed by atoms with Gasteiger partial charge in [0, 0.05) is 13.0 Å². The number of benzene rings is 1. The van der Waals surface area contributed by atoms with E-state index in [1.165, 1.54) is 11.3 Å². The van der Waals surface area contributed by atoms with Crippen LogP contribution in [0.3, 0.4) is 0 Å². The molecule has 0 saturated carbocycles. The molecule has 1 aromatic heterocycles. The Labute approximate surface area is 122 Å². The summed E-state index contributed by atoms with van der Waals surface area (Å²) in [5, 5.41) is 9.00. The van der Waals surface area contributed by atoms with E-state index in [9.17, 15) is 9.59 Å². The van der Waals surface area contributed by atoms with Crippen molar-refractivity contribution in [2.45, 2.75) is 19.9 Å². The summed E-state index contributed by atoms with van der Waals surface area (Å²) in [5.41, 5.74) is 1.03. The van der Waals surface area contributed by atoms with Crippen molar-refractivity contribution in [3.63, 3.8) is 0 Å². The number of carboxylic acids is 1. The second kappa shape index (κ2) is 6.69. The highest BCUT2D eigenvalue weighted by Crippen LogP contribution is 2.13. The summed E-state index contributed by atoms with van der Waals surface area (Å²) in [6.07, 6.45) is 1.72. The van der Waals surface area contributed by atoms with Crippen molar-refractivity contribution in [1.29, 1.82) is 0 Å². The van der Waals surface area contributed by atoms with Gasteiger partial charge >= 0.3 is 5.97 Å². The van der Waals surface area contributed by atoms with Gasteiger partial charge in [0.1, 0.15) is 12.3 Å². The van der Waals surface area contributed by atoms with E-state index in [1.54, 1.807) is 0 Å². The Morgan fingerprint density at radius 1 is 1.29 bits per heavy atom. The van der Waals surface area contributed by atoms with Gasteiger partial charge in [0.25, 0.3) is 5.91 Å². The lowest BCUT2D eigenvalue weighted by atomic mass is 10.2. The van der Waals surface area contributed by atoms with Crippen LogP contribution in [0.4, 0.5) is 0 Å². The fourth-order valence-electron chi connectivity index (χ4n) is 2.01. The molecule has 0 saturated heterocycles. The maximum absolute atomic E-state index is 12.5. The minimum Gasteiger partial charge on any atom is -0.480 e. The highest BCUT2D eigenvalue weighted by Gasteiger charge is 2.24. The molecular formula is C15H16N2O4. The van der Waals surface area contributed by atoms with E-state index >= 15 is 0 Å². The number of carbonyl (C=O) groups is 2. The van der Waals surface area contributed by atoms with Gasteiger partial charge in [-0.25, -0.2) is 4.98 Å². The number of aromatic nitrogens is 1. The van der Waals surface area contributed by atoms with Gasteiger partial charge in [0.2, 0.25) is 0 Å². The molecule has 1 aromatic carbocycles. The van der Waals surface area contributed by atoms with Gasteiger partial charge in [-0.2, -0.15) is 0 Å². The fourth-order valence-corrected chi connectivity index (χ4v) is 2.01. The summed E-state index contributed by atoms with van der Waals surface area (Å²) in [6.45, 7) is 1.67. The molecule has 2 aromatic rings. The Balaban J connectivity index is 2.23. The molecule has 110 valence electrons. The van der Waals surface area contributed by atoms with E-state index < -0.39 is 11.9 Å². The first-order valence-electron chi connectivity index (χ1n) is 6.59. The molecule has 1 heterocycles. The van der Waals surface area contributed by atoms with Crippen molar-refractivity contribution < 1.29 is 19.1 Å². The third kappa shape index (κ3) is 3.68. The number of carboxylic acid groups (broad SMARTS) is 1. The summed E-state index contributed by atoms with van der Waals surface area (Å²) in [4.78, 5) is 28.6. The Morgan fingerprint density at radius 2 is 2.00 bits per heavy atom. The predicted molar refractivity (Wildman–Crippen MR) is 74.7 cm³/mol. The van der Waals surface area contributed by atoms with Crippen LogP contribution in [-0.2, 0) is 17.8 Å². The molecule has 6 nitrogen and oxygen atoms in total. The zero-order valence-electron chi connectivity index (χ0n) is 11.7. The number of amides is 1. The zero-order valence-corrected chi connectivity index (χ0v) is 11.7.